The number of primary sulfonamides is 1. The van der Waals surface area contributed by atoms with Crippen LogP contribution in [0.2, 0.25) is 0 Å². The summed E-state index contributed by atoms with van der Waals surface area (Å²) in [6, 6.07) is 4.28. The van der Waals surface area contributed by atoms with Crippen LogP contribution in [0.15, 0.2) is 40.4 Å². The first kappa shape index (κ1) is 19.4. The van der Waals surface area contributed by atoms with Crippen LogP contribution in [-0.4, -0.2) is 46.1 Å². The molecular formula is C15H17N3O7S. The number of sulfonamides is 1. The number of nitrogens with one attached hydrogen (secondary N) is 2. The molecular weight excluding hydrogens is 366 g/mol. The van der Waals surface area contributed by atoms with Gasteiger partial charge in [-0.3, -0.25) is 0 Å². The summed E-state index contributed by atoms with van der Waals surface area (Å²) >= 11 is 0. The molecule has 1 aliphatic rings. The van der Waals surface area contributed by atoms with Crippen LogP contribution in [0, 0.1) is 0 Å². The van der Waals surface area contributed by atoms with E-state index in [9.17, 15) is 22.8 Å². The van der Waals surface area contributed by atoms with Gasteiger partial charge >= 0.3 is 18.0 Å². The normalized spacial score (nSPS) is 14.3. The maximum absolute atomic E-state index is 12.1. The largest absolute Gasteiger partial charge is 0.463 e. The molecule has 0 unspecified atom stereocenters. The van der Waals surface area contributed by atoms with Crippen LogP contribution in [0.25, 0.3) is 0 Å². The Labute approximate surface area is 149 Å². The number of hydrogen-bond donors (Lipinski definition) is 3. The Bertz CT molecular complexity index is 860. The van der Waals surface area contributed by atoms with E-state index in [0.29, 0.717) is 0 Å². The Morgan fingerprint density at radius 3 is 2.38 bits per heavy atom. The van der Waals surface area contributed by atoms with Crippen molar-refractivity contribution in [1.29, 1.82) is 0 Å². The number of nitrogens with two attached hydrogens (primary N) is 1. The van der Waals surface area contributed by atoms with Crippen molar-refractivity contribution >= 4 is 28.0 Å². The fourth-order valence-electron chi connectivity index (χ4n) is 2.07. The maximum Gasteiger partial charge on any atom is 0.338 e. The minimum atomic E-state index is -3.87. The topological polar surface area (TPSA) is 154 Å². The summed E-state index contributed by atoms with van der Waals surface area (Å²) in [7, 11) is -3.87. The van der Waals surface area contributed by atoms with Crippen molar-refractivity contribution in [3.8, 4) is 0 Å². The molecule has 0 aromatic heterocycles. The van der Waals surface area contributed by atoms with E-state index in [1.807, 2.05) is 0 Å². The Morgan fingerprint density at radius 2 is 1.81 bits per heavy atom. The second-order valence-electron chi connectivity index (χ2n) is 5.13. The number of hydrogen-bond acceptors (Lipinski definition) is 7. The van der Waals surface area contributed by atoms with E-state index >= 15 is 0 Å². The molecule has 2 amide bonds. The van der Waals surface area contributed by atoms with Crippen LogP contribution in [0.1, 0.15) is 17.3 Å². The lowest BCUT2D eigenvalue weighted by atomic mass is 10.1. The molecule has 26 heavy (non-hydrogen) atoms. The summed E-state index contributed by atoms with van der Waals surface area (Å²) in [5.41, 5.74) is 0.335. The number of urea groups is 1. The fraction of sp³-hybridized carbons (Fsp3) is 0.267. The molecule has 1 aromatic rings. The van der Waals surface area contributed by atoms with Crippen molar-refractivity contribution in [3.63, 3.8) is 0 Å². The molecule has 1 aromatic carbocycles. The van der Waals surface area contributed by atoms with E-state index in [4.69, 9.17) is 14.6 Å². The molecule has 0 radical (unpaired) electrons. The molecule has 4 N–H and O–H groups in total. The van der Waals surface area contributed by atoms with Crippen LogP contribution in [0.4, 0.5) is 4.79 Å². The number of benzene rings is 1. The molecule has 0 saturated heterocycles. The average Bonchev–Trinajstić information content (AvgIpc) is 2.59. The zero-order valence-electron chi connectivity index (χ0n) is 13.8. The highest BCUT2D eigenvalue weighted by molar-refractivity contribution is 7.89. The first-order chi connectivity index (χ1) is 12.2. The van der Waals surface area contributed by atoms with Crippen molar-refractivity contribution in [2.24, 2.45) is 5.14 Å². The predicted octanol–water partition coefficient (Wildman–Crippen LogP) is -0.379. The average molecular weight is 383 g/mol. The number of carbonyl (C=O) groups excluding carboxylic acids is 3. The first-order valence-electron chi connectivity index (χ1n) is 7.46. The quantitative estimate of drug-likeness (QED) is 0.566. The lowest BCUT2D eigenvalue weighted by molar-refractivity contribution is -0.138. The Hall–Kier alpha value is -2.92. The van der Waals surface area contributed by atoms with Crippen LogP contribution < -0.4 is 15.8 Å². The highest BCUT2D eigenvalue weighted by Crippen LogP contribution is 2.12. The van der Waals surface area contributed by atoms with E-state index < -0.39 is 28.0 Å². The van der Waals surface area contributed by atoms with Gasteiger partial charge in [-0.25, -0.2) is 27.9 Å². The van der Waals surface area contributed by atoms with Gasteiger partial charge in [0.15, 0.2) is 0 Å². The van der Waals surface area contributed by atoms with Crippen LogP contribution in [-0.2, 0) is 24.3 Å². The third-order valence-corrected chi connectivity index (χ3v) is 4.27. The third-order valence-electron chi connectivity index (χ3n) is 3.34. The van der Waals surface area contributed by atoms with Crippen LogP contribution >= 0.6 is 0 Å². The van der Waals surface area contributed by atoms with E-state index in [-0.39, 0.29) is 41.5 Å². The molecule has 0 saturated carbocycles. The summed E-state index contributed by atoms with van der Waals surface area (Å²) in [5, 5.41) is 9.80. The molecule has 2 rings (SSSR count). The Kier molecular flexibility index (Phi) is 5.95. The summed E-state index contributed by atoms with van der Waals surface area (Å²) in [4.78, 5) is 35.2. The fourth-order valence-corrected chi connectivity index (χ4v) is 2.59. The summed E-state index contributed by atoms with van der Waals surface area (Å²) in [6.45, 7) is 1.37. The number of carbonyl (C=O) groups is 3. The van der Waals surface area contributed by atoms with Gasteiger partial charge in [-0.1, -0.05) is 0 Å². The van der Waals surface area contributed by atoms with Crippen molar-refractivity contribution in [2.45, 2.75) is 11.8 Å². The monoisotopic (exact) mass is 383 g/mol. The van der Waals surface area contributed by atoms with Gasteiger partial charge in [-0.05, 0) is 31.2 Å². The molecule has 0 atom stereocenters. The number of ether oxygens (including phenoxy) is 2. The number of amides is 2. The molecule has 0 fully saturated rings. The highest BCUT2D eigenvalue weighted by atomic mass is 32.2. The highest BCUT2D eigenvalue weighted by Gasteiger charge is 2.24. The van der Waals surface area contributed by atoms with Crippen LogP contribution in [0.3, 0.4) is 0 Å². The van der Waals surface area contributed by atoms with Gasteiger partial charge in [-0.15, -0.1) is 0 Å². The van der Waals surface area contributed by atoms with Crippen molar-refractivity contribution < 1.29 is 32.3 Å². The van der Waals surface area contributed by atoms with Gasteiger partial charge < -0.3 is 20.1 Å². The van der Waals surface area contributed by atoms with Gasteiger partial charge in [0.1, 0.15) is 6.61 Å². The Morgan fingerprint density at radius 1 is 1.15 bits per heavy atom. The Balaban J connectivity index is 2.10. The van der Waals surface area contributed by atoms with Gasteiger partial charge in [0.25, 0.3) is 0 Å². The molecule has 1 heterocycles. The van der Waals surface area contributed by atoms with Gasteiger partial charge in [0.05, 0.1) is 34.9 Å². The smallest absolute Gasteiger partial charge is 0.338 e. The van der Waals surface area contributed by atoms with E-state index in [0.717, 1.165) is 0 Å². The van der Waals surface area contributed by atoms with Gasteiger partial charge in [0.2, 0.25) is 10.0 Å². The minimum Gasteiger partial charge on any atom is -0.463 e. The van der Waals surface area contributed by atoms with Gasteiger partial charge in [0, 0.05) is 0 Å². The van der Waals surface area contributed by atoms with E-state index in [2.05, 4.69) is 10.6 Å². The lowest BCUT2D eigenvalue weighted by Gasteiger charge is -2.21. The summed E-state index contributed by atoms with van der Waals surface area (Å²) in [5.74, 6) is -1.40. The van der Waals surface area contributed by atoms with Crippen molar-refractivity contribution in [1.82, 2.24) is 10.6 Å². The zero-order chi connectivity index (χ0) is 19.3. The molecule has 0 bridgehead atoms. The summed E-state index contributed by atoms with van der Waals surface area (Å²) < 4.78 is 32.3. The SMILES string of the molecule is CCOC(=O)C1=C(COC(=O)c2ccc(S(N)(=O)=O)cc2)NC(=O)NC1. The standard InChI is InChI=1S/C15H17N3O7S/c1-2-24-14(20)11-7-17-15(21)18-12(11)8-25-13(19)9-3-5-10(6-4-9)26(16,22)23/h3-6H,2,7-8H2,1H3,(H2,16,22,23)(H2,17,18,21). The predicted molar refractivity (Wildman–Crippen MR) is 88.3 cm³/mol. The number of rotatable bonds is 6. The summed E-state index contributed by atoms with van der Waals surface area (Å²) in [6.07, 6.45) is 0. The second-order valence-corrected chi connectivity index (χ2v) is 6.69. The van der Waals surface area contributed by atoms with Crippen molar-refractivity contribution in [2.75, 3.05) is 19.8 Å². The zero-order valence-corrected chi connectivity index (χ0v) is 14.6. The maximum atomic E-state index is 12.1. The first-order valence-corrected chi connectivity index (χ1v) is 9.01. The van der Waals surface area contributed by atoms with E-state index in [1.54, 1.807) is 6.92 Å². The second kappa shape index (κ2) is 7.97. The van der Waals surface area contributed by atoms with Gasteiger partial charge in [-0.2, -0.15) is 0 Å². The van der Waals surface area contributed by atoms with Crippen LogP contribution in [0.5, 0.6) is 0 Å². The molecule has 0 spiro atoms. The van der Waals surface area contributed by atoms with Crippen molar-refractivity contribution in [3.05, 3.63) is 41.1 Å². The molecule has 140 valence electrons. The lowest BCUT2D eigenvalue weighted by Crippen LogP contribution is -2.45. The molecule has 11 heteroatoms. The number of esters is 2. The molecule has 0 aliphatic carbocycles. The minimum absolute atomic E-state index is 0.0550. The third kappa shape index (κ3) is 4.80. The van der Waals surface area contributed by atoms with E-state index in [1.165, 1.54) is 24.3 Å². The molecule has 10 nitrogen and oxygen atoms in total. The molecule has 1 aliphatic heterocycles.